The van der Waals surface area contributed by atoms with Crippen LogP contribution in [0.5, 0.6) is 0 Å². The Kier molecular flexibility index (Phi) is 6.86. The van der Waals surface area contributed by atoms with Crippen molar-refractivity contribution < 1.29 is 14.5 Å². The summed E-state index contributed by atoms with van der Waals surface area (Å²) in [6, 6.07) is 6.53. The zero-order valence-corrected chi connectivity index (χ0v) is 12.8. The van der Waals surface area contributed by atoms with E-state index >= 15 is 0 Å². The fraction of sp³-hybridized carbons (Fsp3) is 0.417. The van der Waals surface area contributed by atoms with E-state index in [9.17, 15) is 14.9 Å². The van der Waals surface area contributed by atoms with Crippen LogP contribution in [-0.4, -0.2) is 28.1 Å². The van der Waals surface area contributed by atoms with Gasteiger partial charge < -0.3 is 4.74 Å². The summed E-state index contributed by atoms with van der Waals surface area (Å²) in [7, 11) is 0. The molecule has 7 heteroatoms. The average Bonchev–Trinajstić information content (AvgIpc) is 2.38. The second-order valence-electron chi connectivity index (χ2n) is 3.76. The van der Waals surface area contributed by atoms with Crippen molar-refractivity contribution in [2.24, 2.45) is 0 Å². The van der Waals surface area contributed by atoms with Crippen LogP contribution in [-0.2, 0) is 15.3 Å². The van der Waals surface area contributed by atoms with Crippen LogP contribution >= 0.6 is 27.7 Å². The van der Waals surface area contributed by atoms with E-state index in [4.69, 9.17) is 4.74 Å². The van der Waals surface area contributed by atoms with Gasteiger partial charge in [0.2, 0.25) is 0 Å². The number of non-ortho nitro benzene ring substituents is 1. The van der Waals surface area contributed by atoms with Crippen molar-refractivity contribution in [2.75, 3.05) is 12.4 Å². The van der Waals surface area contributed by atoms with Crippen LogP contribution in [0, 0.1) is 10.1 Å². The lowest BCUT2D eigenvalue weighted by Gasteiger charge is -2.06. The van der Waals surface area contributed by atoms with E-state index in [0.717, 1.165) is 5.56 Å². The number of rotatable bonds is 7. The number of carbonyl (C=O) groups excluding carboxylic acids is 1. The highest BCUT2D eigenvalue weighted by Crippen LogP contribution is 2.18. The first-order valence-electron chi connectivity index (χ1n) is 5.62. The molecule has 1 atom stereocenters. The fourth-order valence-corrected chi connectivity index (χ4v) is 2.16. The monoisotopic (exact) mass is 347 g/mol. The molecular formula is C12H14BrNO4S. The second kappa shape index (κ2) is 8.16. The van der Waals surface area contributed by atoms with Gasteiger partial charge in [0.1, 0.15) is 11.4 Å². The molecule has 0 aliphatic heterocycles. The van der Waals surface area contributed by atoms with Crippen LogP contribution in [0.1, 0.15) is 12.5 Å². The predicted molar refractivity (Wildman–Crippen MR) is 78.6 cm³/mol. The summed E-state index contributed by atoms with van der Waals surface area (Å²) in [5.74, 6) is 1.04. The predicted octanol–water partition coefficient (Wildman–Crippen LogP) is 3.15. The molecule has 0 aromatic heterocycles. The van der Waals surface area contributed by atoms with Crippen LogP contribution in [0.3, 0.4) is 0 Å². The van der Waals surface area contributed by atoms with Gasteiger partial charge in [0.15, 0.2) is 0 Å². The Bertz CT molecular complexity index is 453. The zero-order chi connectivity index (χ0) is 14.3. The Morgan fingerprint density at radius 3 is 2.95 bits per heavy atom. The Labute approximate surface area is 124 Å². The van der Waals surface area contributed by atoms with Crippen LogP contribution in [0.4, 0.5) is 5.69 Å². The van der Waals surface area contributed by atoms with Crippen molar-refractivity contribution in [3.05, 3.63) is 39.9 Å². The molecule has 1 rings (SSSR count). The number of halogens is 1. The van der Waals surface area contributed by atoms with Crippen LogP contribution in [0.25, 0.3) is 0 Å². The molecule has 0 amide bonds. The number of carbonyl (C=O) groups is 1. The van der Waals surface area contributed by atoms with Gasteiger partial charge in [-0.2, -0.15) is 11.8 Å². The quantitative estimate of drug-likeness (QED) is 0.249. The maximum Gasteiger partial charge on any atom is 0.319 e. The van der Waals surface area contributed by atoms with Gasteiger partial charge in [-0.3, -0.25) is 14.9 Å². The summed E-state index contributed by atoms with van der Waals surface area (Å²) in [6.45, 7) is 2.05. The maximum absolute atomic E-state index is 11.1. The molecule has 0 fully saturated rings. The minimum atomic E-state index is -0.409. The van der Waals surface area contributed by atoms with Gasteiger partial charge in [0, 0.05) is 23.6 Å². The smallest absolute Gasteiger partial charge is 0.319 e. The summed E-state index contributed by atoms with van der Waals surface area (Å²) >= 11 is 4.69. The minimum Gasteiger partial charge on any atom is -0.464 e. The number of benzene rings is 1. The lowest BCUT2D eigenvalue weighted by atomic mass is 10.2. The summed E-state index contributed by atoms with van der Waals surface area (Å²) in [4.78, 5) is 21.0. The van der Waals surface area contributed by atoms with Gasteiger partial charge in [-0.05, 0) is 12.5 Å². The first kappa shape index (κ1) is 16.0. The molecule has 0 heterocycles. The lowest BCUT2D eigenvalue weighted by molar-refractivity contribution is -0.384. The number of nitro groups is 1. The average molecular weight is 348 g/mol. The first-order chi connectivity index (χ1) is 9.00. The molecule has 0 spiro atoms. The van der Waals surface area contributed by atoms with E-state index in [1.807, 2.05) is 6.07 Å². The molecule has 5 nitrogen and oxygen atoms in total. The van der Waals surface area contributed by atoms with E-state index < -0.39 is 4.92 Å². The zero-order valence-electron chi connectivity index (χ0n) is 10.4. The molecule has 0 saturated heterocycles. The van der Waals surface area contributed by atoms with E-state index in [-0.39, 0.29) is 16.5 Å². The summed E-state index contributed by atoms with van der Waals surface area (Å²) in [6.07, 6.45) is 0. The van der Waals surface area contributed by atoms with Gasteiger partial charge in [-0.25, -0.2) is 0 Å². The summed E-state index contributed by atoms with van der Waals surface area (Å²) in [5, 5.41) is 10.6. The molecule has 0 saturated carbocycles. The van der Waals surface area contributed by atoms with Gasteiger partial charge in [0.25, 0.3) is 5.69 Å². The van der Waals surface area contributed by atoms with E-state index in [1.165, 1.54) is 6.07 Å². The number of ether oxygens (including phenoxy) is 1. The number of thioether (sulfide) groups is 1. The summed E-state index contributed by atoms with van der Waals surface area (Å²) in [5.41, 5.74) is 0.983. The third-order valence-corrected chi connectivity index (χ3v) is 3.55. The van der Waals surface area contributed by atoms with E-state index in [0.29, 0.717) is 18.1 Å². The number of hydrogen-bond donors (Lipinski definition) is 0. The summed E-state index contributed by atoms with van der Waals surface area (Å²) < 4.78 is 4.99. The normalized spacial score (nSPS) is 11.9. The Morgan fingerprint density at radius 2 is 2.32 bits per heavy atom. The SMILES string of the molecule is CC(Br)C(=O)OCCSCc1cccc([N+](=O)[O-])c1. The van der Waals surface area contributed by atoms with E-state index in [1.54, 1.807) is 30.8 Å². The number of hydrogen-bond acceptors (Lipinski definition) is 5. The molecule has 19 heavy (non-hydrogen) atoms. The molecule has 0 aliphatic rings. The molecule has 1 aromatic carbocycles. The van der Waals surface area contributed by atoms with Crippen molar-refractivity contribution in [2.45, 2.75) is 17.5 Å². The molecule has 104 valence electrons. The molecule has 1 unspecified atom stereocenters. The number of nitro benzene ring substituents is 1. The Morgan fingerprint density at radius 1 is 1.58 bits per heavy atom. The van der Waals surface area contributed by atoms with E-state index in [2.05, 4.69) is 15.9 Å². The third kappa shape index (κ3) is 6.07. The molecular weight excluding hydrogens is 334 g/mol. The lowest BCUT2D eigenvalue weighted by Crippen LogP contribution is -2.15. The molecule has 0 N–H and O–H groups in total. The second-order valence-corrected chi connectivity index (χ2v) is 6.24. The largest absolute Gasteiger partial charge is 0.464 e. The third-order valence-electron chi connectivity index (χ3n) is 2.19. The van der Waals surface area contributed by atoms with Gasteiger partial charge in [-0.1, -0.05) is 28.1 Å². The Hall–Kier alpha value is -1.08. The highest BCUT2D eigenvalue weighted by atomic mass is 79.9. The van der Waals surface area contributed by atoms with Crippen molar-refractivity contribution in [3.8, 4) is 0 Å². The van der Waals surface area contributed by atoms with Crippen molar-refractivity contribution in [1.29, 1.82) is 0 Å². The van der Waals surface area contributed by atoms with Gasteiger partial charge in [0.05, 0.1) is 4.92 Å². The number of esters is 1. The molecule has 0 bridgehead atoms. The Balaban J connectivity index is 2.28. The maximum atomic E-state index is 11.1. The number of alkyl halides is 1. The van der Waals surface area contributed by atoms with Gasteiger partial charge in [-0.15, -0.1) is 0 Å². The van der Waals surface area contributed by atoms with Crippen molar-refractivity contribution in [3.63, 3.8) is 0 Å². The fourth-order valence-electron chi connectivity index (χ4n) is 1.27. The van der Waals surface area contributed by atoms with Crippen molar-refractivity contribution >= 4 is 39.3 Å². The minimum absolute atomic E-state index is 0.0950. The van der Waals surface area contributed by atoms with Gasteiger partial charge >= 0.3 is 5.97 Å². The number of nitrogens with zero attached hydrogens (tertiary/aromatic N) is 1. The molecule has 0 aliphatic carbocycles. The van der Waals surface area contributed by atoms with Crippen LogP contribution in [0.2, 0.25) is 0 Å². The highest BCUT2D eigenvalue weighted by molar-refractivity contribution is 9.10. The first-order valence-corrected chi connectivity index (χ1v) is 7.69. The van der Waals surface area contributed by atoms with Crippen LogP contribution in [0.15, 0.2) is 24.3 Å². The highest BCUT2D eigenvalue weighted by Gasteiger charge is 2.09. The molecule has 0 radical (unpaired) electrons. The molecule has 1 aromatic rings. The topological polar surface area (TPSA) is 69.4 Å². The van der Waals surface area contributed by atoms with Crippen LogP contribution < -0.4 is 0 Å². The standard InChI is InChI=1S/C12H14BrNO4S/c1-9(13)12(15)18-5-6-19-8-10-3-2-4-11(7-10)14(16)17/h2-4,7,9H,5-6,8H2,1H3. The van der Waals surface area contributed by atoms with Crippen molar-refractivity contribution in [1.82, 2.24) is 0 Å².